The molecule has 112 valence electrons. The molecule has 0 aliphatic carbocycles. The molecule has 1 N–H and O–H groups in total. The molecule has 0 fully saturated rings. The van der Waals surface area contributed by atoms with Crippen LogP contribution in [-0.4, -0.2) is 28.4 Å². The molecule has 0 aliphatic heterocycles. The summed E-state index contributed by atoms with van der Waals surface area (Å²) >= 11 is 1.67. The van der Waals surface area contributed by atoms with E-state index in [4.69, 9.17) is 0 Å². The van der Waals surface area contributed by atoms with Gasteiger partial charge < -0.3 is 10.2 Å². The fourth-order valence-corrected chi connectivity index (χ4v) is 2.80. The Morgan fingerprint density at radius 2 is 2.19 bits per heavy atom. The lowest BCUT2D eigenvalue weighted by Gasteiger charge is -2.27. The maximum atomic E-state index is 12.9. The molecule has 21 heavy (non-hydrogen) atoms. The number of carbonyl (C=O) groups is 1. The van der Waals surface area contributed by atoms with E-state index in [0.29, 0.717) is 17.9 Å². The third-order valence-corrected chi connectivity index (χ3v) is 4.03. The lowest BCUT2D eigenvalue weighted by atomic mass is 10.2. The van der Waals surface area contributed by atoms with Crippen LogP contribution >= 0.6 is 11.3 Å². The molecule has 2 heterocycles. The van der Waals surface area contributed by atoms with Crippen molar-refractivity contribution in [2.24, 2.45) is 0 Å². The number of hydrogen-bond donors (Lipinski definition) is 1. The molecule has 2 aromatic heterocycles. The van der Waals surface area contributed by atoms with E-state index in [9.17, 15) is 4.79 Å². The van der Waals surface area contributed by atoms with Gasteiger partial charge >= 0.3 is 0 Å². The second kappa shape index (κ2) is 7.22. The van der Waals surface area contributed by atoms with Crippen LogP contribution in [0.3, 0.4) is 0 Å². The normalized spacial score (nSPS) is 10.7. The predicted molar refractivity (Wildman–Crippen MR) is 87.7 cm³/mol. The van der Waals surface area contributed by atoms with Crippen LogP contribution in [0.5, 0.6) is 0 Å². The first-order valence-corrected chi connectivity index (χ1v) is 8.03. The summed E-state index contributed by atoms with van der Waals surface area (Å²) < 4.78 is 0. The average Bonchev–Trinajstić information content (AvgIpc) is 2.98. The van der Waals surface area contributed by atoms with E-state index in [1.807, 2.05) is 43.2 Å². The van der Waals surface area contributed by atoms with E-state index in [2.05, 4.69) is 16.4 Å². The number of nitrogens with one attached hydrogen (secondary N) is 1. The van der Waals surface area contributed by atoms with Gasteiger partial charge in [0, 0.05) is 23.7 Å². The van der Waals surface area contributed by atoms with Crippen LogP contribution in [-0.2, 0) is 6.54 Å². The van der Waals surface area contributed by atoms with Gasteiger partial charge in [-0.2, -0.15) is 0 Å². The zero-order chi connectivity index (χ0) is 15.2. The number of pyridine rings is 1. The topological polar surface area (TPSA) is 45.2 Å². The van der Waals surface area contributed by atoms with Gasteiger partial charge in [-0.25, -0.2) is 4.98 Å². The van der Waals surface area contributed by atoms with Gasteiger partial charge in [0.25, 0.3) is 5.91 Å². The second-order valence-electron chi connectivity index (χ2n) is 5.04. The van der Waals surface area contributed by atoms with Gasteiger partial charge in [-0.1, -0.05) is 6.07 Å². The van der Waals surface area contributed by atoms with Gasteiger partial charge in [0.05, 0.1) is 12.1 Å². The Balaban J connectivity index is 2.26. The summed E-state index contributed by atoms with van der Waals surface area (Å²) in [4.78, 5) is 20.2. The molecule has 0 aromatic carbocycles. The van der Waals surface area contributed by atoms with Crippen LogP contribution in [0, 0.1) is 0 Å². The zero-order valence-corrected chi connectivity index (χ0v) is 13.5. The van der Waals surface area contributed by atoms with Crippen molar-refractivity contribution in [2.45, 2.75) is 33.4 Å². The maximum Gasteiger partial charge on any atom is 0.258 e. The Morgan fingerprint density at radius 1 is 1.38 bits per heavy atom. The highest BCUT2D eigenvalue weighted by atomic mass is 32.1. The molecule has 0 saturated heterocycles. The van der Waals surface area contributed by atoms with Gasteiger partial charge in [-0.3, -0.25) is 4.79 Å². The Bertz CT molecular complexity index is 581. The minimum Gasteiger partial charge on any atom is -0.370 e. The molecule has 0 atom stereocenters. The molecule has 5 heteroatoms. The fraction of sp³-hybridized carbons (Fsp3) is 0.375. The summed E-state index contributed by atoms with van der Waals surface area (Å²) in [6.07, 6.45) is 1.70. The second-order valence-corrected chi connectivity index (χ2v) is 6.07. The lowest BCUT2D eigenvalue weighted by Crippen LogP contribution is -2.36. The van der Waals surface area contributed by atoms with Gasteiger partial charge in [-0.15, -0.1) is 11.3 Å². The molecule has 0 bridgehead atoms. The molecule has 0 aliphatic rings. The van der Waals surface area contributed by atoms with Crippen molar-refractivity contribution in [3.8, 4) is 0 Å². The third kappa shape index (κ3) is 3.82. The molecule has 1 amide bonds. The molecule has 2 aromatic rings. The van der Waals surface area contributed by atoms with Crippen molar-refractivity contribution in [3.63, 3.8) is 0 Å². The number of hydrogen-bond acceptors (Lipinski definition) is 4. The Kier molecular flexibility index (Phi) is 5.33. The first-order valence-electron chi connectivity index (χ1n) is 7.15. The predicted octanol–water partition coefficient (Wildman–Crippen LogP) is 3.63. The smallest absolute Gasteiger partial charge is 0.258 e. The molecule has 0 spiro atoms. The summed E-state index contributed by atoms with van der Waals surface area (Å²) in [5.41, 5.74) is 0.629. The SMILES string of the molecule is CCNc1ncccc1C(=O)N(Cc1cccs1)C(C)C. The minimum absolute atomic E-state index is 0.0162. The van der Waals surface area contributed by atoms with Crippen molar-refractivity contribution in [2.75, 3.05) is 11.9 Å². The van der Waals surface area contributed by atoms with Gasteiger partial charge in [0.15, 0.2) is 0 Å². The van der Waals surface area contributed by atoms with E-state index in [1.54, 1.807) is 23.6 Å². The van der Waals surface area contributed by atoms with Crippen molar-refractivity contribution in [3.05, 3.63) is 46.3 Å². The highest BCUT2D eigenvalue weighted by Gasteiger charge is 2.22. The molecular formula is C16H21N3OS. The van der Waals surface area contributed by atoms with Crippen LogP contribution in [0.1, 0.15) is 36.0 Å². The van der Waals surface area contributed by atoms with Gasteiger partial charge in [-0.05, 0) is 44.4 Å². The van der Waals surface area contributed by atoms with Crippen LogP contribution in [0.15, 0.2) is 35.8 Å². The zero-order valence-electron chi connectivity index (χ0n) is 12.7. The summed E-state index contributed by atoms with van der Waals surface area (Å²) in [7, 11) is 0. The number of amides is 1. The standard InChI is InChI=1S/C16H21N3OS/c1-4-17-15-14(8-5-9-18-15)16(20)19(12(2)3)11-13-7-6-10-21-13/h5-10,12H,4,11H2,1-3H3,(H,17,18). The summed E-state index contributed by atoms with van der Waals surface area (Å²) in [5, 5.41) is 5.19. The number of rotatable bonds is 6. The van der Waals surface area contributed by atoms with Crippen LogP contribution in [0.4, 0.5) is 5.82 Å². The maximum absolute atomic E-state index is 12.9. The fourth-order valence-electron chi connectivity index (χ4n) is 2.10. The minimum atomic E-state index is 0.0162. The van der Waals surface area contributed by atoms with E-state index in [1.165, 1.54) is 4.88 Å². The van der Waals surface area contributed by atoms with Crippen molar-refractivity contribution < 1.29 is 4.79 Å². The number of anilines is 1. The van der Waals surface area contributed by atoms with Crippen LogP contribution < -0.4 is 5.32 Å². The van der Waals surface area contributed by atoms with Gasteiger partial charge in [0.1, 0.15) is 5.82 Å². The van der Waals surface area contributed by atoms with Crippen molar-refractivity contribution >= 4 is 23.1 Å². The van der Waals surface area contributed by atoms with E-state index >= 15 is 0 Å². The van der Waals surface area contributed by atoms with E-state index < -0.39 is 0 Å². The summed E-state index contributed by atoms with van der Waals surface area (Å²) in [6, 6.07) is 7.84. The molecule has 4 nitrogen and oxygen atoms in total. The summed E-state index contributed by atoms with van der Waals surface area (Å²) in [5.74, 6) is 0.671. The highest BCUT2D eigenvalue weighted by molar-refractivity contribution is 7.09. The Hall–Kier alpha value is -1.88. The van der Waals surface area contributed by atoms with Crippen LogP contribution in [0.2, 0.25) is 0 Å². The molecule has 2 rings (SSSR count). The van der Waals surface area contributed by atoms with E-state index in [0.717, 1.165) is 6.54 Å². The third-order valence-electron chi connectivity index (χ3n) is 3.17. The average molecular weight is 303 g/mol. The molecule has 0 radical (unpaired) electrons. The summed E-state index contributed by atoms with van der Waals surface area (Å²) in [6.45, 7) is 7.44. The number of nitrogens with zero attached hydrogens (tertiary/aromatic N) is 2. The largest absolute Gasteiger partial charge is 0.370 e. The Morgan fingerprint density at radius 3 is 2.81 bits per heavy atom. The number of carbonyl (C=O) groups excluding carboxylic acids is 1. The first kappa shape index (κ1) is 15.5. The lowest BCUT2D eigenvalue weighted by molar-refractivity contribution is 0.0693. The van der Waals surface area contributed by atoms with Crippen molar-refractivity contribution in [1.82, 2.24) is 9.88 Å². The molecule has 0 saturated carbocycles. The van der Waals surface area contributed by atoms with Gasteiger partial charge in [0.2, 0.25) is 0 Å². The molecule has 0 unspecified atom stereocenters. The molecular weight excluding hydrogens is 282 g/mol. The number of aromatic nitrogens is 1. The van der Waals surface area contributed by atoms with Crippen LogP contribution in [0.25, 0.3) is 0 Å². The van der Waals surface area contributed by atoms with E-state index in [-0.39, 0.29) is 11.9 Å². The first-order chi connectivity index (χ1) is 10.1. The highest BCUT2D eigenvalue weighted by Crippen LogP contribution is 2.20. The quantitative estimate of drug-likeness (QED) is 0.886. The Labute approximate surface area is 129 Å². The van der Waals surface area contributed by atoms with Crippen molar-refractivity contribution in [1.29, 1.82) is 0 Å². The number of thiophene rings is 1. The monoisotopic (exact) mass is 303 g/mol.